The summed E-state index contributed by atoms with van der Waals surface area (Å²) in [5.74, 6) is 1.60. The number of hydrogen-bond donors (Lipinski definition) is 2. The van der Waals surface area contributed by atoms with Gasteiger partial charge < -0.3 is 9.73 Å². The van der Waals surface area contributed by atoms with Gasteiger partial charge in [-0.15, -0.1) is 10.2 Å². The summed E-state index contributed by atoms with van der Waals surface area (Å²) in [6.45, 7) is 1.98. The molecule has 4 heterocycles. The van der Waals surface area contributed by atoms with E-state index >= 15 is 0 Å². The zero-order chi connectivity index (χ0) is 19.3. The summed E-state index contributed by atoms with van der Waals surface area (Å²) in [6.07, 6.45) is 5.30. The van der Waals surface area contributed by atoms with Crippen molar-refractivity contribution >= 4 is 17.6 Å². The molecule has 0 aliphatic carbocycles. The smallest absolute Gasteiger partial charge is 0.321 e. The second kappa shape index (κ2) is 8.22. The molecule has 0 bridgehead atoms. The second-order valence-corrected chi connectivity index (χ2v) is 6.85. The van der Waals surface area contributed by atoms with E-state index in [1.807, 2.05) is 28.8 Å². The molecule has 3 amide bonds. The summed E-state index contributed by atoms with van der Waals surface area (Å²) in [5, 5.41) is 13.5. The molecule has 0 unspecified atom stereocenters. The summed E-state index contributed by atoms with van der Waals surface area (Å²) in [4.78, 5) is 26.0. The number of likely N-dealkylation sites (tertiary alicyclic amines) is 1. The number of furan rings is 1. The number of imide groups is 1. The molecular weight excluding hydrogens is 360 g/mol. The van der Waals surface area contributed by atoms with Gasteiger partial charge in [0.15, 0.2) is 5.65 Å². The van der Waals surface area contributed by atoms with Crippen molar-refractivity contribution in [1.82, 2.24) is 30.1 Å². The molecule has 1 aliphatic heterocycles. The molecule has 28 heavy (non-hydrogen) atoms. The Bertz CT molecular complexity index is 944. The maximum absolute atomic E-state index is 12.1. The molecule has 2 N–H and O–H groups in total. The Hall–Kier alpha value is -3.20. The van der Waals surface area contributed by atoms with E-state index in [0.29, 0.717) is 11.7 Å². The Labute approximate surface area is 161 Å². The van der Waals surface area contributed by atoms with Crippen molar-refractivity contribution in [2.45, 2.75) is 25.3 Å². The van der Waals surface area contributed by atoms with E-state index in [-0.39, 0.29) is 19.0 Å². The Balaban J connectivity index is 1.23. The minimum atomic E-state index is -0.522. The van der Waals surface area contributed by atoms with Crippen LogP contribution in [0.2, 0.25) is 0 Å². The number of pyridine rings is 1. The third-order valence-corrected chi connectivity index (χ3v) is 4.92. The van der Waals surface area contributed by atoms with Crippen LogP contribution in [0.25, 0.3) is 5.65 Å². The Morgan fingerprint density at radius 1 is 1.14 bits per heavy atom. The van der Waals surface area contributed by atoms with Crippen LogP contribution in [0.1, 0.15) is 30.3 Å². The summed E-state index contributed by atoms with van der Waals surface area (Å²) in [6, 6.07) is 8.83. The highest BCUT2D eigenvalue weighted by Crippen LogP contribution is 2.26. The van der Waals surface area contributed by atoms with Crippen molar-refractivity contribution in [2.24, 2.45) is 0 Å². The average molecular weight is 382 g/mol. The summed E-state index contributed by atoms with van der Waals surface area (Å²) in [7, 11) is 0. The third kappa shape index (κ3) is 4.20. The zero-order valence-electron chi connectivity index (χ0n) is 15.4. The van der Waals surface area contributed by atoms with Gasteiger partial charge >= 0.3 is 6.03 Å². The summed E-state index contributed by atoms with van der Waals surface area (Å²) >= 11 is 0. The van der Waals surface area contributed by atoms with Crippen LogP contribution in [-0.2, 0) is 11.3 Å². The molecule has 0 radical (unpaired) electrons. The van der Waals surface area contributed by atoms with Crippen LogP contribution in [0.3, 0.4) is 0 Å². The number of urea groups is 1. The number of piperidine rings is 1. The van der Waals surface area contributed by atoms with E-state index in [1.54, 1.807) is 12.1 Å². The van der Waals surface area contributed by atoms with Gasteiger partial charge in [0.25, 0.3) is 0 Å². The van der Waals surface area contributed by atoms with Gasteiger partial charge in [-0.05, 0) is 50.2 Å². The highest BCUT2D eigenvalue weighted by Gasteiger charge is 2.25. The molecule has 3 aromatic rings. The minimum Gasteiger partial charge on any atom is -0.467 e. The molecule has 1 saturated heterocycles. The van der Waals surface area contributed by atoms with Gasteiger partial charge in [0, 0.05) is 12.1 Å². The predicted molar refractivity (Wildman–Crippen MR) is 100 cm³/mol. The fourth-order valence-corrected chi connectivity index (χ4v) is 3.48. The van der Waals surface area contributed by atoms with E-state index < -0.39 is 6.03 Å². The van der Waals surface area contributed by atoms with Gasteiger partial charge in [-0.3, -0.25) is 19.4 Å². The number of carbonyl (C=O) groups excluding carboxylic acids is 2. The number of hydrogen-bond acceptors (Lipinski definition) is 6. The molecule has 9 nitrogen and oxygen atoms in total. The summed E-state index contributed by atoms with van der Waals surface area (Å²) in [5.41, 5.74) is 0.847. The van der Waals surface area contributed by atoms with Crippen molar-refractivity contribution in [1.29, 1.82) is 0 Å². The first-order valence-electron chi connectivity index (χ1n) is 9.31. The Kier molecular flexibility index (Phi) is 5.34. The maximum atomic E-state index is 12.1. The molecule has 146 valence electrons. The van der Waals surface area contributed by atoms with Crippen LogP contribution in [0.4, 0.5) is 4.79 Å². The molecule has 0 atom stereocenters. The number of carbonyl (C=O) groups is 2. The lowest BCUT2D eigenvalue weighted by Crippen LogP contribution is -2.46. The molecule has 3 aromatic heterocycles. The number of aromatic nitrogens is 3. The predicted octanol–water partition coefficient (Wildman–Crippen LogP) is 1.53. The maximum Gasteiger partial charge on any atom is 0.321 e. The number of nitrogens with one attached hydrogen (secondary N) is 2. The van der Waals surface area contributed by atoms with Gasteiger partial charge in [0.05, 0.1) is 19.4 Å². The zero-order valence-corrected chi connectivity index (χ0v) is 15.4. The molecule has 0 saturated carbocycles. The standard InChI is InChI=1S/C19H22N6O3/c26-17(21-19(27)20-12-15-4-3-11-28-15)13-24-9-6-14(7-10-24)18-23-22-16-5-1-2-8-25(16)18/h1-5,8,11,14H,6-7,9-10,12-13H2,(H2,20,21,26,27). The van der Waals surface area contributed by atoms with Crippen LogP contribution in [0.5, 0.6) is 0 Å². The van der Waals surface area contributed by atoms with Crippen molar-refractivity contribution in [3.63, 3.8) is 0 Å². The molecule has 9 heteroatoms. The quantitative estimate of drug-likeness (QED) is 0.693. The van der Waals surface area contributed by atoms with Gasteiger partial charge in [-0.25, -0.2) is 4.79 Å². The van der Waals surface area contributed by atoms with Gasteiger partial charge in [0.2, 0.25) is 5.91 Å². The number of nitrogens with zero attached hydrogens (tertiary/aromatic N) is 4. The van der Waals surface area contributed by atoms with E-state index in [0.717, 1.165) is 37.4 Å². The van der Waals surface area contributed by atoms with Crippen molar-refractivity contribution in [3.05, 3.63) is 54.4 Å². The second-order valence-electron chi connectivity index (χ2n) is 6.85. The van der Waals surface area contributed by atoms with Gasteiger partial charge in [-0.2, -0.15) is 0 Å². The van der Waals surface area contributed by atoms with Gasteiger partial charge in [0.1, 0.15) is 11.6 Å². The fraction of sp³-hybridized carbons (Fsp3) is 0.368. The molecular formula is C19H22N6O3. The molecule has 1 fully saturated rings. The van der Waals surface area contributed by atoms with E-state index in [1.165, 1.54) is 6.26 Å². The largest absolute Gasteiger partial charge is 0.467 e. The lowest BCUT2D eigenvalue weighted by atomic mass is 9.96. The Morgan fingerprint density at radius 2 is 2.00 bits per heavy atom. The van der Waals surface area contributed by atoms with Crippen LogP contribution in [0.15, 0.2) is 47.2 Å². The van der Waals surface area contributed by atoms with Crippen molar-refractivity contribution < 1.29 is 14.0 Å². The first-order valence-corrected chi connectivity index (χ1v) is 9.31. The minimum absolute atomic E-state index is 0.196. The van der Waals surface area contributed by atoms with Crippen LogP contribution < -0.4 is 10.6 Å². The number of fused-ring (bicyclic) bond motifs is 1. The van der Waals surface area contributed by atoms with E-state index in [9.17, 15) is 9.59 Å². The summed E-state index contributed by atoms with van der Waals surface area (Å²) < 4.78 is 7.16. The fourth-order valence-electron chi connectivity index (χ4n) is 3.48. The average Bonchev–Trinajstić information content (AvgIpc) is 3.37. The van der Waals surface area contributed by atoms with E-state index in [2.05, 4.69) is 25.7 Å². The van der Waals surface area contributed by atoms with Gasteiger partial charge in [-0.1, -0.05) is 6.07 Å². The monoisotopic (exact) mass is 382 g/mol. The topological polar surface area (TPSA) is 105 Å². The first kappa shape index (κ1) is 18.2. The normalized spacial score (nSPS) is 15.6. The van der Waals surface area contributed by atoms with Crippen molar-refractivity contribution in [2.75, 3.05) is 19.6 Å². The molecule has 0 spiro atoms. The molecule has 1 aliphatic rings. The first-order chi connectivity index (χ1) is 13.7. The SMILES string of the molecule is O=C(CN1CCC(c2nnc3ccccn23)CC1)NC(=O)NCc1ccco1. The Morgan fingerprint density at radius 3 is 2.79 bits per heavy atom. The molecule has 4 rings (SSSR count). The lowest BCUT2D eigenvalue weighted by molar-refractivity contribution is -0.121. The van der Waals surface area contributed by atoms with Crippen LogP contribution in [0, 0.1) is 0 Å². The van der Waals surface area contributed by atoms with Crippen LogP contribution in [-0.4, -0.2) is 51.1 Å². The number of rotatable bonds is 5. The highest BCUT2D eigenvalue weighted by molar-refractivity contribution is 5.95. The van der Waals surface area contributed by atoms with E-state index in [4.69, 9.17) is 4.42 Å². The van der Waals surface area contributed by atoms with Crippen LogP contribution >= 0.6 is 0 Å². The molecule has 0 aromatic carbocycles. The van der Waals surface area contributed by atoms with Crippen molar-refractivity contribution in [3.8, 4) is 0 Å². The third-order valence-electron chi connectivity index (χ3n) is 4.92. The lowest BCUT2D eigenvalue weighted by Gasteiger charge is -2.30. The number of amides is 3. The highest BCUT2D eigenvalue weighted by atomic mass is 16.3.